The maximum absolute atomic E-state index is 11.4. The number of amides is 1. The highest BCUT2D eigenvalue weighted by atomic mass is 16.1. The number of hydrogen-bond donors (Lipinski definition) is 2. The van der Waals surface area contributed by atoms with Crippen LogP contribution in [-0.2, 0) is 4.79 Å². The van der Waals surface area contributed by atoms with E-state index in [-0.39, 0.29) is 17.5 Å². The summed E-state index contributed by atoms with van der Waals surface area (Å²) in [6.07, 6.45) is 0. The lowest BCUT2D eigenvalue weighted by atomic mass is 10.0. The van der Waals surface area contributed by atoms with Crippen LogP contribution in [0.5, 0.6) is 0 Å². The second kappa shape index (κ2) is 9.12. The lowest BCUT2D eigenvalue weighted by Crippen LogP contribution is -2.10. The third-order valence-electron chi connectivity index (χ3n) is 4.37. The summed E-state index contributed by atoms with van der Waals surface area (Å²) in [7, 11) is 0. The molecule has 1 amide bonds. The molecule has 0 unspecified atom stereocenters. The monoisotopic (exact) mass is 368 g/mol. The topological polar surface area (TPSA) is 89.3 Å². The van der Waals surface area contributed by atoms with Crippen molar-refractivity contribution in [2.24, 2.45) is 0 Å². The molecule has 27 heavy (non-hydrogen) atoms. The van der Waals surface area contributed by atoms with Gasteiger partial charge in [0.2, 0.25) is 5.91 Å². The molecule has 2 aromatic carbocycles. The van der Waals surface area contributed by atoms with Gasteiger partial charge in [0.05, 0.1) is 5.69 Å². The summed E-state index contributed by atoms with van der Waals surface area (Å²) in [6, 6.07) is 7.31. The van der Waals surface area contributed by atoms with Crippen LogP contribution in [0.4, 0.5) is 11.4 Å². The van der Waals surface area contributed by atoms with E-state index in [1.54, 1.807) is 0 Å². The number of nitrogens with two attached hydrogens (primary N) is 1. The average molecular weight is 368 g/mol. The van der Waals surface area contributed by atoms with E-state index >= 15 is 0 Å². The van der Waals surface area contributed by atoms with E-state index in [1.165, 1.54) is 20.8 Å². The number of nitrogens with one attached hydrogen (secondary N) is 1. The zero-order valence-electron chi connectivity index (χ0n) is 17.1. The molecular weight excluding hydrogens is 340 g/mol. The molecule has 0 saturated carbocycles. The summed E-state index contributed by atoms with van der Waals surface area (Å²) in [5.41, 5.74) is 12.4. The van der Waals surface area contributed by atoms with Gasteiger partial charge in [-0.05, 0) is 88.1 Å². The van der Waals surface area contributed by atoms with Crippen molar-refractivity contribution in [1.29, 1.82) is 0 Å². The molecule has 0 aliphatic rings. The van der Waals surface area contributed by atoms with Gasteiger partial charge in [-0.15, -0.1) is 0 Å². The molecule has 3 N–H and O–H groups in total. The largest absolute Gasteiger partial charge is 0.398 e. The van der Waals surface area contributed by atoms with Gasteiger partial charge < -0.3 is 11.1 Å². The molecule has 2 aromatic rings. The highest BCUT2D eigenvalue weighted by Gasteiger charge is 2.10. The number of benzene rings is 2. The molecule has 0 fully saturated rings. The van der Waals surface area contributed by atoms with Crippen molar-refractivity contribution in [3.63, 3.8) is 0 Å². The quantitative estimate of drug-likeness (QED) is 0.614. The van der Waals surface area contributed by atoms with Crippen LogP contribution in [0.25, 0.3) is 0 Å². The Morgan fingerprint density at radius 2 is 1.11 bits per heavy atom. The van der Waals surface area contributed by atoms with Crippen LogP contribution < -0.4 is 11.1 Å². The molecule has 0 saturated heterocycles. The van der Waals surface area contributed by atoms with Gasteiger partial charge in [-0.1, -0.05) is 0 Å². The van der Waals surface area contributed by atoms with Gasteiger partial charge >= 0.3 is 0 Å². The Morgan fingerprint density at radius 1 is 0.704 bits per heavy atom. The van der Waals surface area contributed by atoms with Gasteiger partial charge in [-0.2, -0.15) is 0 Å². The Morgan fingerprint density at radius 3 is 1.56 bits per heavy atom. The van der Waals surface area contributed by atoms with E-state index < -0.39 is 0 Å². The lowest BCUT2D eigenvalue weighted by molar-refractivity contribution is -0.114. The molecule has 5 nitrogen and oxygen atoms in total. The second-order valence-electron chi connectivity index (χ2n) is 6.80. The minimum atomic E-state index is -0.166. The smallest absolute Gasteiger partial charge is 0.221 e. The fourth-order valence-corrected chi connectivity index (χ4v) is 2.54. The van der Waals surface area contributed by atoms with Crippen molar-refractivity contribution < 1.29 is 14.4 Å². The van der Waals surface area contributed by atoms with Gasteiger partial charge in [-0.3, -0.25) is 14.4 Å². The first-order valence-corrected chi connectivity index (χ1v) is 8.71. The minimum absolute atomic E-state index is 0.0237. The van der Waals surface area contributed by atoms with E-state index in [9.17, 15) is 14.4 Å². The normalized spacial score (nSPS) is 9.89. The number of anilines is 2. The molecule has 144 valence electrons. The SMILES string of the molecule is CC(=O)Nc1cc(C)c(C)cc1C(C)=O.CC(=O)c1cc(C)c(C)cc1N. The zero-order chi connectivity index (χ0) is 20.9. The highest BCUT2D eigenvalue weighted by Crippen LogP contribution is 2.21. The fourth-order valence-electron chi connectivity index (χ4n) is 2.54. The molecular formula is C22H28N2O3. The molecule has 0 spiro atoms. The van der Waals surface area contributed by atoms with Gasteiger partial charge in [0, 0.05) is 23.7 Å². The molecule has 0 aromatic heterocycles. The maximum atomic E-state index is 11.4. The summed E-state index contributed by atoms with van der Waals surface area (Å²) in [4.78, 5) is 33.4. The first kappa shape index (κ1) is 22.1. The lowest BCUT2D eigenvalue weighted by Gasteiger charge is -2.10. The number of carbonyl (C=O) groups excluding carboxylic acids is 3. The first-order valence-electron chi connectivity index (χ1n) is 8.71. The van der Waals surface area contributed by atoms with Crippen molar-refractivity contribution in [2.75, 3.05) is 11.1 Å². The van der Waals surface area contributed by atoms with Crippen molar-refractivity contribution in [1.82, 2.24) is 0 Å². The summed E-state index contributed by atoms with van der Waals surface area (Å²) in [6.45, 7) is 12.3. The van der Waals surface area contributed by atoms with Crippen molar-refractivity contribution >= 4 is 28.8 Å². The van der Waals surface area contributed by atoms with Crippen LogP contribution in [-0.4, -0.2) is 17.5 Å². The number of carbonyl (C=O) groups is 3. The van der Waals surface area contributed by atoms with Gasteiger partial charge in [0.1, 0.15) is 0 Å². The van der Waals surface area contributed by atoms with E-state index in [1.807, 2.05) is 52.0 Å². The van der Waals surface area contributed by atoms with E-state index in [0.717, 1.165) is 22.3 Å². The third-order valence-corrected chi connectivity index (χ3v) is 4.37. The Kier molecular flexibility index (Phi) is 7.46. The Bertz CT molecular complexity index is 899. The first-order chi connectivity index (χ1) is 12.4. The minimum Gasteiger partial charge on any atom is -0.398 e. The summed E-state index contributed by atoms with van der Waals surface area (Å²) >= 11 is 0. The Hall–Kier alpha value is -2.95. The number of Topliss-reactive ketones (excluding diaryl/α,β-unsaturated/α-hetero) is 2. The molecule has 0 heterocycles. The van der Waals surface area contributed by atoms with Gasteiger partial charge in [-0.25, -0.2) is 0 Å². The molecule has 0 aliphatic carbocycles. The molecule has 0 aliphatic heterocycles. The Labute approximate surface area is 161 Å². The second-order valence-corrected chi connectivity index (χ2v) is 6.80. The van der Waals surface area contributed by atoms with E-state index in [2.05, 4.69) is 5.32 Å². The summed E-state index contributed by atoms with van der Waals surface area (Å²) < 4.78 is 0. The van der Waals surface area contributed by atoms with E-state index in [0.29, 0.717) is 22.5 Å². The molecule has 5 heteroatoms. The summed E-state index contributed by atoms with van der Waals surface area (Å²) in [5.74, 6) is -0.182. The predicted octanol–water partition coefficient (Wildman–Crippen LogP) is 4.55. The van der Waals surface area contributed by atoms with Crippen LogP contribution in [0.3, 0.4) is 0 Å². The van der Waals surface area contributed by atoms with Crippen LogP contribution in [0, 0.1) is 27.7 Å². The van der Waals surface area contributed by atoms with Crippen molar-refractivity contribution in [2.45, 2.75) is 48.5 Å². The standard InChI is InChI=1S/C12H15NO2.C10H13NO/c1-7-5-11(9(3)14)12(6-8(7)2)13-10(4)15;1-6-4-9(8(3)12)10(11)5-7(6)2/h5-6H,1-4H3,(H,13,15);4-5H,11H2,1-3H3. The van der Waals surface area contributed by atoms with Crippen LogP contribution in [0.2, 0.25) is 0 Å². The number of aryl methyl sites for hydroxylation is 4. The number of hydrogen-bond acceptors (Lipinski definition) is 4. The van der Waals surface area contributed by atoms with Crippen LogP contribution in [0.15, 0.2) is 24.3 Å². The highest BCUT2D eigenvalue weighted by molar-refractivity contribution is 6.03. The predicted molar refractivity (Wildman–Crippen MR) is 111 cm³/mol. The Balaban J connectivity index is 0.000000277. The number of nitrogen functional groups attached to an aromatic ring is 1. The number of rotatable bonds is 3. The maximum Gasteiger partial charge on any atom is 0.221 e. The zero-order valence-corrected chi connectivity index (χ0v) is 17.1. The van der Waals surface area contributed by atoms with E-state index in [4.69, 9.17) is 5.73 Å². The molecule has 0 atom stereocenters. The number of ketones is 2. The van der Waals surface area contributed by atoms with Crippen LogP contribution in [0.1, 0.15) is 63.7 Å². The third kappa shape index (κ3) is 6.06. The molecule has 2 rings (SSSR count). The molecule has 0 bridgehead atoms. The van der Waals surface area contributed by atoms with Crippen molar-refractivity contribution in [3.05, 3.63) is 57.6 Å². The fraction of sp³-hybridized carbons (Fsp3) is 0.318. The van der Waals surface area contributed by atoms with Gasteiger partial charge in [0.25, 0.3) is 0 Å². The summed E-state index contributed by atoms with van der Waals surface area (Å²) in [5, 5.41) is 2.66. The van der Waals surface area contributed by atoms with Crippen molar-refractivity contribution in [3.8, 4) is 0 Å². The average Bonchev–Trinajstić information content (AvgIpc) is 2.53. The van der Waals surface area contributed by atoms with Crippen LogP contribution >= 0.6 is 0 Å². The van der Waals surface area contributed by atoms with Gasteiger partial charge in [0.15, 0.2) is 11.6 Å². The molecule has 0 radical (unpaired) electrons.